The third-order valence-corrected chi connectivity index (χ3v) is 3.39. The number of benzene rings is 2. The van der Waals surface area contributed by atoms with Gasteiger partial charge < -0.3 is 9.73 Å². The van der Waals surface area contributed by atoms with Gasteiger partial charge in [-0.1, -0.05) is 18.2 Å². The predicted octanol–water partition coefficient (Wildman–Crippen LogP) is 3.92. The van der Waals surface area contributed by atoms with Gasteiger partial charge >= 0.3 is 0 Å². The Hall–Kier alpha value is -2.75. The summed E-state index contributed by atoms with van der Waals surface area (Å²) in [7, 11) is 0. The fraction of sp³-hybridized carbons (Fsp3) is 0.0625. The van der Waals surface area contributed by atoms with Gasteiger partial charge in [0.15, 0.2) is 0 Å². The van der Waals surface area contributed by atoms with E-state index in [0.717, 1.165) is 33.3 Å². The van der Waals surface area contributed by atoms with Crippen LogP contribution >= 0.6 is 0 Å². The lowest BCUT2D eigenvalue weighted by atomic mass is 10.2. The fourth-order valence-electron chi connectivity index (χ4n) is 2.36. The molecule has 4 nitrogen and oxygen atoms in total. The van der Waals surface area contributed by atoms with Crippen molar-refractivity contribution < 1.29 is 4.42 Å². The predicted molar refractivity (Wildman–Crippen MR) is 79.6 cm³/mol. The molecule has 0 aliphatic heterocycles. The van der Waals surface area contributed by atoms with Crippen LogP contribution in [0.15, 0.2) is 59.1 Å². The normalized spacial score (nSPS) is 11.2. The minimum Gasteiger partial charge on any atom is -0.459 e. The molecule has 2 N–H and O–H groups in total. The van der Waals surface area contributed by atoms with Crippen molar-refractivity contribution in [3.63, 3.8) is 0 Å². The average Bonchev–Trinajstić information content (AvgIpc) is 3.10. The van der Waals surface area contributed by atoms with Crippen molar-refractivity contribution in [2.45, 2.75) is 6.54 Å². The zero-order chi connectivity index (χ0) is 13.4. The van der Waals surface area contributed by atoms with Gasteiger partial charge in [-0.2, -0.15) is 5.10 Å². The van der Waals surface area contributed by atoms with Gasteiger partial charge in [0.2, 0.25) is 0 Å². The van der Waals surface area contributed by atoms with Gasteiger partial charge in [-0.05, 0) is 30.3 Å². The maximum atomic E-state index is 5.78. The molecule has 0 saturated carbocycles. The third kappa shape index (κ3) is 1.91. The number of aromatic nitrogens is 2. The second-order valence-corrected chi connectivity index (χ2v) is 4.78. The number of anilines is 1. The molecule has 0 fully saturated rings. The van der Waals surface area contributed by atoms with Gasteiger partial charge in [0.1, 0.15) is 11.3 Å². The van der Waals surface area contributed by atoms with Crippen molar-refractivity contribution in [2.24, 2.45) is 0 Å². The summed E-state index contributed by atoms with van der Waals surface area (Å²) in [5, 5.41) is 12.6. The summed E-state index contributed by atoms with van der Waals surface area (Å²) in [6.45, 7) is 0.661. The second-order valence-electron chi connectivity index (χ2n) is 4.78. The van der Waals surface area contributed by atoms with Crippen LogP contribution in [0.25, 0.3) is 21.9 Å². The number of furan rings is 1. The van der Waals surface area contributed by atoms with Crippen molar-refractivity contribution >= 4 is 27.6 Å². The minimum atomic E-state index is 0.661. The highest BCUT2D eigenvalue weighted by molar-refractivity contribution is 5.81. The lowest BCUT2D eigenvalue weighted by Gasteiger charge is -2.03. The van der Waals surface area contributed by atoms with E-state index in [-0.39, 0.29) is 0 Å². The Morgan fingerprint density at radius 3 is 2.95 bits per heavy atom. The minimum absolute atomic E-state index is 0.661. The van der Waals surface area contributed by atoms with E-state index in [1.165, 1.54) is 0 Å². The van der Waals surface area contributed by atoms with Crippen LogP contribution in [-0.4, -0.2) is 10.2 Å². The molecule has 0 saturated heterocycles. The molecular weight excluding hydrogens is 250 g/mol. The molecule has 98 valence electrons. The van der Waals surface area contributed by atoms with Crippen LogP contribution in [0.2, 0.25) is 0 Å². The zero-order valence-electron chi connectivity index (χ0n) is 10.8. The molecule has 2 aromatic heterocycles. The molecule has 0 aliphatic carbocycles. The summed E-state index contributed by atoms with van der Waals surface area (Å²) in [4.78, 5) is 0. The van der Waals surface area contributed by atoms with Crippen LogP contribution in [0.4, 0.5) is 5.69 Å². The zero-order valence-corrected chi connectivity index (χ0v) is 10.8. The first-order chi connectivity index (χ1) is 9.88. The molecule has 0 atom stereocenters. The lowest BCUT2D eigenvalue weighted by Crippen LogP contribution is -1.97. The Morgan fingerprint density at radius 2 is 2.00 bits per heavy atom. The fourth-order valence-corrected chi connectivity index (χ4v) is 2.36. The van der Waals surface area contributed by atoms with E-state index in [9.17, 15) is 0 Å². The number of para-hydroxylation sites is 1. The molecule has 2 aromatic carbocycles. The summed E-state index contributed by atoms with van der Waals surface area (Å²) < 4.78 is 5.78. The standard InChI is InChI=1S/C16H13N3O/c1-2-4-16-11(3-1)7-14(20-16)10-17-13-6-5-12-9-18-19-15(12)8-13/h1-9,17H,10H2,(H,18,19). The number of hydrogen-bond acceptors (Lipinski definition) is 3. The smallest absolute Gasteiger partial charge is 0.134 e. The van der Waals surface area contributed by atoms with Crippen molar-refractivity contribution in [1.29, 1.82) is 0 Å². The molecule has 0 spiro atoms. The third-order valence-electron chi connectivity index (χ3n) is 3.39. The number of nitrogens with zero attached hydrogens (tertiary/aromatic N) is 1. The molecule has 0 unspecified atom stereocenters. The molecule has 0 amide bonds. The Bertz CT molecular complexity index is 840. The summed E-state index contributed by atoms with van der Waals surface area (Å²) in [6, 6.07) is 16.2. The molecule has 0 bridgehead atoms. The SMILES string of the molecule is c1ccc2oc(CNc3ccc4cn[nH]c4c3)cc2c1. The van der Waals surface area contributed by atoms with E-state index in [1.807, 2.05) is 42.6 Å². The number of nitrogens with one attached hydrogen (secondary N) is 2. The maximum Gasteiger partial charge on any atom is 0.134 e. The van der Waals surface area contributed by atoms with Gasteiger partial charge in [-0.15, -0.1) is 0 Å². The number of rotatable bonds is 3. The van der Waals surface area contributed by atoms with Crippen LogP contribution in [-0.2, 0) is 6.54 Å². The van der Waals surface area contributed by atoms with E-state index in [4.69, 9.17) is 4.42 Å². The van der Waals surface area contributed by atoms with Crippen LogP contribution < -0.4 is 5.32 Å². The summed E-state index contributed by atoms with van der Waals surface area (Å²) in [5.41, 5.74) is 3.00. The van der Waals surface area contributed by atoms with Crippen molar-refractivity contribution in [1.82, 2.24) is 10.2 Å². The average molecular weight is 263 g/mol. The van der Waals surface area contributed by atoms with E-state index in [1.54, 1.807) is 0 Å². The lowest BCUT2D eigenvalue weighted by molar-refractivity contribution is 0.559. The van der Waals surface area contributed by atoms with Crippen molar-refractivity contribution in [3.05, 3.63) is 60.5 Å². The molecular formula is C16H13N3O. The van der Waals surface area contributed by atoms with E-state index in [0.29, 0.717) is 6.54 Å². The summed E-state index contributed by atoms with van der Waals surface area (Å²) in [6.07, 6.45) is 1.82. The molecule has 0 radical (unpaired) electrons. The van der Waals surface area contributed by atoms with E-state index >= 15 is 0 Å². The first kappa shape index (κ1) is 11.1. The Kier molecular flexibility index (Phi) is 2.45. The van der Waals surface area contributed by atoms with Gasteiger partial charge in [-0.25, -0.2) is 0 Å². The number of H-pyrrole nitrogens is 1. The highest BCUT2D eigenvalue weighted by atomic mass is 16.3. The van der Waals surface area contributed by atoms with Gasteiger partial charge in [0.25, 0.3) is 0 Å². The molecule has 2 heterocycles. The second kappa shape index (κ2) is 4.42. The van der Waals surface area contributed by atoms with Crippen LogP contribution in [0.5, 0.6) is 0 Å². The highest BCUT2D eigenvalue weighted by Gasteiger charge is 2.03. The first-order valence-electron chi connectivity index (χ1n) is 6.53. The van der Waals surface area contributed by atoms with Gasteiger partial charge in [-0.3, -0.25) is 5.10 Å². The maximum absolute atomic E-state index is 5.78. The highest BCUT2D eigenvalue weighted by Crippen LogP contribution is 2.21. The van der Waals surface area contributed by atoms with Crippen LogP contribution in [0, 0.1) is 0 Å². The molecule has 4 heteroatoms. The molecule has 4 rings (SSSR count). The molecule has 4 aromatic rings. The van der Waals surface area contributed by atoms with Crippen molar-refractivity contribution in [3.8, 4) is 0 Å². The number of fused-ring (bicyclic) bond motifs is 2. The van der Waals surface area contributed by atoms with E-state index < -0.39 is 0 Å². The quantitative estimate of drug-likeness (QED) is 0.589. The topological polar surface area (TPSA) is 53.9 Å². The molecule has 0 aliphatic rings. The van der Waals surface area contributed by atoms with E-state index in [2.05, 4.69) is 27.6 Å². The summed E-state index contributed by atoms with van der Waals surface area (Å²) in [5.74, 6) is 0.927. The van der Waals surface area contributed by atoms with Gasteiger partial charge in [0.05, 0.1) is 18.3 Å². The number of hydrogen-bond donors (Lipinski definition) is 2. The van der Waals surface area contributed by atoms with Crippen LogP contribution in [0.1, 0.15) is 5.76 Å². The Balaban J connectivity index is 1.56. The van der Waals surface area contributed by atoms with Gasteiger partial charge in [0, 0.05) is 16.5 Å². The van der Waals surface area contributed by atoms with Crippen molar-refractivity contribution in [2.75, 3.05) is 5.32 Å². The Morgan fingerprint density at radius 1 is 1.05 bits per heavy atom. The number of aromatic amines is 1. The first-order valence-corrected chi connectivity index (χ1v) is 6.53. The largest absolute Gasteiger partial charge is 0.459 e. The summed E-state index contributed by atoms with van der Waals surface area (Å²) >= 11 is 0. The monoisotopic (exact) mass is 263 g/mol. The molecule has 20 heavy (non-hydrogen) atoms. The van der Waals surface area contributed by atoms with Crippen LogP contribution in [0.3, 0.4) is 0 Å². The Labute approximate surface area is 115 Å².